The van der Waals surface area contributed by atoms with Gasteiger partial charge in [0.1, 0.15) is 6.61 Å². The molecule has 0 radical (unpaired) electrons. The summed E-state index contributed by atoms with van der Waals surface area (Å²) in [6.07, 6.45) is 2.32. The third-order valence-electron chi connectivity index (χ3n) is 2.17. The van der Waals surface area contributed by atoms with Crippen LogP contribution in [-0.2, 0) is 4.74 Å². The van der Waals surface area contributed by atoms with Crippen LogP contribution in [-0.4, -0.2) is 43.3 Å². The summed E-state index contributed by atoms with van der Waals surface area (Å²) >= 11 is 0. The second-order valence-electron chi connectivity index (χ2n) is 3.52. The summed E-state index contributed by atoms with van der Waals surface area (Å²) in [7, 11) is 0. The van der Waals surface area contributed by atoms with Gasteiger partial charge in [-0.3, -0.25) is 0 Å². The zero-order valence-corrected chi connectivity index (χ0v) is 8.66. The molecular weight excluding hydrogens is 180 g/mol. The first kappa shape index (κ1) is 11.0. The molecule has 80 valence electrons. The quantitative estimate of drug-likeness (QED) is 0.673. The number of nitrogens with zero attached hydrogens (tertiary/aromatic N) is 1. The van der Waals surface area contributed by atoms with Gasteiger partial charge in [-0.15, -0.1) is 0 Å². The molecule has 4 nitrogen and oxygen atoms in total. The van der Waals surface area contributed by atoms with E-state index in [9.17, 15) is 4.79 Å². The van der Waals surface area contributed by atoms with Gasteiger partial charge < -0.3 is 15.0 Å². The lowest BCUT2D eigenvalue weighted by Gasteiger charge is -2.21. The Morgan fingerprint density at radius 1 is 1.79 bits per heavy atom. The van der Waals surface area contributed by atoms with Gasteiger partial charge in [0.25, 0.3) is 0 Å². The smallest absolute Gasteiger partial charge is 0.410 e. The number of ether oxygens (including phenoxy) is 1. The molecule has 0 aromatic carbocycles. The highest BCUT2D eigenvalue weighted by atomic mass is 16.6. The Morgan fingerprint density at radius 3 is 3.29 bits per heavy atom. The van der Waals surface area contributed by atoms with Crippen molar-refractivity contribution in [2.75, 3.05) is 26.2 Å². The van der Waals surface area contributed by atoms with Gasteiger partial charge in [-0.25, -0.2) is 4.79 Å². The average Bonchev–Trinajstić information content (AvgIpc) is 2.39. The summed E-state index contributed by atoms with van der Waals surface area (Å²) in [5.74, 6) is 0. The monoisotopic (exact) mass is 198 g/mol. The predicted molar refractivity (Wildman–Crippen MR) is 55.2 cm³/mol. The number of amides is 1. The number of hydrogen-bond acceptors (Lipinski definition) is 3. The third-order valence-corrected chi connectivity index (χ3v) is 2.17. The average molecular weight is 198 g/mol. The van der Waals surface area contributed by atoms with Crippen LogP contribution in [0.15, 0.2) is 12.7 Å². The summed E-state index contributed by atoms with van der Waals surface area (Å²) < 4.78 is 4.98. The molecule has 1 atom stereocenters. The maximum atomic E-state index is 11.5. The van der Waals surface area contributed by atoms with E-state index in [1.165, 1.54) is 0 Å². The molecule has 0 spiro atoms. The highest BCUT2D eigenvalue weighted by Crippen LogP contribution is 2.02. The Bertz CT molecular complexity index is 206. The lowest BCUT2D eigenvalue weighted by atomic mass is 10.3. The molecule has 0 aliphatic carbocycles. The van der Waals surface area contributed by atoms with Gasteiger partial charge in [0, 0.05) is 19.1 Å². The van der Waals surface area contributed by atoms with Gasteiger partial charge in [0.05, 0.1) is 0 Å². The molecule has 14 heavy (non-hydrogen) atoms. The van der Waals surface area contributed by atoms with E-state index >= 15 is 0 Å². The minimum atomic E-state index is -0.236. The maximum Gasteiger partial charge on any atom is 0.410 e. The SMILES string of the molecule is C=CCOC(=O)N1CCCNC(C)C1. The Balaban J connectivity index is 2.39. The molecule has 1 aliphatic rings. The Kier molecular flexibility index (Phi) is 4.46. The summed E-state index contributed by atoms with van der Waals surface area (Å²) in [5.41, 5.74) is 0. The number of hydrogen-bond donors (Lipinski definition) is 1. The van der Waals surface area contributed by atoms with Gasteiger partial charge in [0.2, 0.25) is 0 Å². The second kappa shape index (κ2) is 5.65. The standard InChI is InChI=1S/C10H18N2O2/c1-3-7-14-10(13)12-6-4-5-11-9(2)8-12/h3,9,11H,1,4-8H2,2H3. The van der Waals surface area contributed by atoms with Crippen LogP contribution in [0.3, 0.4) is 0 Å². The Hall–Kier alpha value is -1.03. The van der Waals surface area contributed by atoms with Crippen LogP contribution in [0.4, 0.5) is 4.79 Å². The van der Waals surface area contributed by atoms with Crippen molar-refractivity contribution >= 4 is 6.09 Å². The molecule has 0 aromatic rings. The van der Waals surface area contributed by atoms with Crippen molar-refractivity contribution in [2.45, 2.75) is 19.4 Å². The van der Waals surface area contributed by atoms with E-state index in [0.29, 0.717) is 6.04 Å². The zero-order chi connectivity index (χ0) is 10.4. The molecule has 1 rings (SSSR count). The van der Waals surface area contributed by atoms with E-state index in [2.05, 4.69) is 18.8 Å². The fourth-order valence-electron chi connectivity index (χ4n) is 1.49. The van der Waals surface area contributed by atoms with E-state index in [1.807, 2.05) is 0 Å². The van der Waals surface area contributed by atoms with E-state index < -0.39 is 0 Å². The molecule has 1 amide bonds. The molecule has 1 fully saturated rings. The minimum absolute atomic E-state index is 0.236. The van der Waals surface area contributed by atoms with Crippen molar-refractivity contribution in [3.05, 3.63) is 12.7 Å². The topological polar surface area (TPSA) is 41.6 Å². The largest absolute Gasteiger partial charge is 0.445 e. The summed E-state index contributed by atoms with van der Waals surface area (Å²) in [6.45, 7) is 8.31. The normalized spacial score (nSPS) is 22.6. The third kappa shape index (κ3) is 3.38. The van der Waals surface area contributed by atoms with Crippen LogP contribution in [0.1, 0.15) is 13.3 Å². The summed E-state index contributed by atoms with van der Waals surface area (Å²) in [4.78, 5) is 13.2. The van der Waals surface area contributed by atoms with Crippen molar-refractivity contribution in [2.24, 2.45) is 0 Å². The molecule has 1 aliphatic heterocycles. The molecule has 1 unspecified atom stereocenters. The lowest BCUT2D eigenvalue weighted by Crippen LogP contribution is -2.39. The number of rotatable bonds is 2. The Labute approximate surface area is 84.9 Å². The molecule has 1 saturated heterocycles. The van der Waals surface area contributed by atoms with E-state index in [-0.39, 0.29) is 12.7 Å². The van der Waals surface area contributed by atoms with Crippen LogP contribution in [0.5, 0.6) is 0 Å². The van der Waals surface area contributed by atoms with Crippen LogP contribution < -0.4 is 5.32 Å². The van der Waals surface area contributed by atoms with Gasteiger partial charge in [-0.1, -0.05) is 12.7 Å². The van der Waals surface area contributed by atoms with E-state index in [4.69, 9.17) is 4.74 Å². The van der Waals surface area contributed by atoms with Crippen molar-refractivity contribution in [3.8, 4) is 0 Å². The van der Waals surface area contributed by atoms with Crippen molar-refractivity contribution < 1.29 is 9.53 Å². The van der Waals surface area contributed by atoms with Gasteiger partial charge in [-0.05, 0) is 19.9 Å². The highest BCUT2D eigenvalue weighted by Gasteiger charge is 2.19. The maximum absolute atomic E-state index is 11.5. The molecule has 0 aromatic heterocycles. The van der Waals surface area contributed by atoms with Crippen LogP contribution in [0.25, 0.3) is 0 Å². The molecule has 0 saturated carbocycles. The lowest BCUT2D eigenvalue weighted by molar-refractivity contribution is 0.112. The van der Waals surface area contributed by atoms with Crippen LogP contribution >= 0.6 is 0 Å². The van der Waals surface area contributed by atoms with Crippen LogP contribution in [0.2, 0.25) is 0 Å². The first-order valence-corrected chi connectivity index (χ1v) is 5.00. The van der Waals surface area contributed by atoms with Crippen molar-refractivity contribution in [1.82, 2.24) is 10.2 Å². The minimum Gasteiger partial charge on any atom is -0.445 e. The fraction of sp³-hybridized carbons (Fsp3) is 0.700. The zero-order valence-electron chi connectivity index (χ0n) is 8.66. The first-order chi connectivity index (χ1) is 6.74. The van der Waals surface area contributed by atoms with Crippen molar-refractivity contribution in [3.63, 3.8) is 0 Å². The Morgan fingerprint density at radius 2 is 2.57 bits per heavy atom. The first-order valence-electron chi connectivity index (χ1n) is 5.00. The van der Waals surface area contributed by atoms with Crippen molar-refractivity contribution in [1.29, 1.82) is 0 Å². The van der Waals surface area contributed by atoms with Crippen LogP contribution in [0, 0.1) is 0 Å². The molecule has 1 N–H and O–H groups in total. The highest BCUT2D eigenvalue weighted by molar-refractivity contribution is 5.67. The van der Waals surface area contributed by atoms with Gasteiger partial charge >= 0.3 is 6.09 Å². The molecule has 0 bridgehead atoms. The molecule has 1 heterocycles. The number of carbonyl (C=O) groups is 1. The number of nitrogens with one attached hydrogen (secondary N) is 1. The molecular formula is C10H18N2O2. The van der Waals surface area contributed by atoms with Gasteiger partial charge in [0.15, 0.2) is 0 Å². The predicted octanol–water partition coefficient (Wildman–Crippen LogP) is 0.993. The van der Waals surface area contributed by atoms with E-state index in [0.717, 1.165) is 26.1 Å². The summed E-state index contributed by atoms with van der Waals surface area (Å²) in [6, 6.07) is 0.341. The molecule has 4 heteroatoms. The fourth-order valence-corrected chi connectivity index (χ4v) is 1.49. The summed E-state index contributed by atoms with van der Waals surface area (Å²) in [5, 5.41) is 3.32. The van der Waals surface area contributed by atoms with Gasteiger partial charge in [-0.2, -0.15) is 0 Å². The van der Waals surface area contributed by atoms with E-state index in [1.54, 1.807) is 11.0 Å². The number of carbonyl (C=O) groups excluding carboxylic acids is 1. The second-order valence-corrected chi connectivity index (χ2v) is 3.52.